The number of rotatable bonds is 4. The van der Waals surface area contributed by atoms with Gasteiger partial charge in [0, 0.05) is 30.5 Å². The Morgan fingerprint density at radius 3 is 2.68 bits per heavy atom. The molecule has 0 atom stereocenters. The van der Waals surface area contributed by atoms with Crippen molar-refractivity contribution < 1.29 is 9.50 Å². The lowest BCUT2D eigenvalue weighted by Crippen LogP contribution is -2.22. The molecule has 0 saturated carbocycles. The van der Waals surface area contributed by atoms with E-state index in [1.165, 1.54) is 12.1 Å². The van der Waals surface area contributed by atoms with Gasteiger partial charge in [-0.25, -0.2) is 4.39 Å². The minimum atomic E-state index is -0.295. The molecule has 0 aliphatic carbocycles. The first-order valence-corrected chi connectivity index (χ1v) is 6.18. The van der Waals surface area contributed by atoms with E-state index in [1.54, 1.807) is 24.3 Å². The van der Waals surface area contributed by atoms with Gasteiger partial charge in [0.05, 0.1) is 0 Å². The SMILES string of the molecule is CCN(Cc1cc(F)ccc1N)c1cccc(O)c1. The summed E-state index contributed by atoms with van der Waals surface area (Å²) in [5.74, 6) is -0.0840. The summed E-state index contributed by atoms with van der Waals surface area (Å²) >= 11 is 0. The Bertz CT molecular complexity index is 572. The number of nitrogen functional groups attached to an aromatic ring is 1. The second kappa shape index (κ2) is 5.61. The van der Waals surface area contributed by atoms with Crippen LogP contribution in [0.3, 0.4) is 0 Å². The van der Waals surface area contributed by atoms with E-state index in [0.717, 1.165) is 17.8 Å². The van der Waals surface area contributed by atoms with Crippen molar-refractivity contribution in [1.82, 2.24) is 0 Å². The summed E-state index contributed by atoms with van der Waals surface area (Å²) in [5, 5.41) is 9.51. The molecule has 2 aromatic carbocycles. The summed E-state index contributed by atoms with van der Waals surface area (Å²) in [4.78, 5) is 2.02. The largest absolute Gasteiger partial charge is 0.508 e. The number of hydrogen-bond donors (Lipinski definition) is 2. The molecule has 2 rings (SSSR count). The predicted molar refractivity (Wildman–Crippen MR) is 75.6 cm³/mol. The average Bonchev–Trinajstić information content (AvgIpc) is 2.39. The maximum absolute atomic E-state index is 13.3. The van der Waals surface area contributed by atoms with E-state index in [9.17, 15) is 9.50 Å². The monoisotopic (exact) mass is 260 g/mol. The van der Waals surface area contributed by atoms with Crippen molar-refractivity contribution in [3.05, 3.63) is 53.8 Å². The van der Waals surface area contributed by atoms with E-state index in [4.69, 9.17) is 5.73 Å². The second-order valence-electron chi connectivity index (χ2n) is 4.38. The summed E-state index contributed by atoms with van der Waals surface area (Å²) in [5.41, 5.74) is 8.05. The Balaban J connectivity index is 2.26. The fraction of sp³-hybridized carbons (Fsp3) is 0.200. The highest BCUT2D eigenvalue weighted by Gasteiger charge is 2.09. The van der Waals surface area contributed by atoms with Crippen LogP contribution in [0.25, 0.3) is 0 Å². The second-order valence-corrected chi connectivity index (χ2v) is 4.38. The third-order valence-corrected chi connectivity index (χ3v) is 3.04. The van der Waals surface area contributed by atoms with Crippen LogP contribution in [0.15, 0.2) is 42.5 Å². The van der Waals surface area contributed by atoms with Gasteiger partial charge in [0.15, 0.2) is 0 Å². The Kier molecular flexibility index (Phi) is 3.90. The minimum absolute atomic E-state index is 0.211. The van der Waals surface area contributed by atoms with Crippen molar-refractivity contribution in [1.29, 1.82) is 0 Å². The molecule has 0 saturated heterocycles. The number of anilines is 2. The maximum Gasteiger partial charge on any atom is 0.123 e. The van der Waals surface area contributed by atoms with Gasteiger partial charge >= 0.3 is 0 Å². The van der Waals surface area contributed by atoms with Crippen molar-refractivity contribution in [3.63, 3.8) is 0 Å². The van der Waals surface area contributed by atoms with Gasteiger partial charge in [-0.3, -0.25) is 0 Å². The van der Waals surface area contributed by atoms with Crippen LogP contribution in [0.5, 0.6) is 5.75 Å². The quantitative estimate of drug-likeness (QED) is 0.830. The van der Waals surface area contributed by atoms with Gasteiger partial charge in [-0.2, -0.15) is 0 Å². The zero-order valence-electron chi connectivity index (χ0n) is 10.8. The Labute approximate surface area is 112 Å². The van der Waals surface area contributed by atoms with Crippen LogP contribution < -0.4 is 10.6 Å². The maximum atomic E-state index is 13.3. The topological polar surface area (TPSA) is 49.5 Å². The van der Waals surface area contributed by atoms with Gasteiger partial charge in [0.2, 0.25) is 0 Å². The number of halogens is 1. The van der Waals surface area contributed by atoms with Crippen LogP contribution >= 0.6 is 0 Å². The molecule has 0 aliphatic rings. The van der Waals surface area contributed by atoms with Gasteiger partial charge in [-0.15, -0.1) is 0 Å². The number of nitrogens with two attached hydrogens (primary N) is 1. The minimum Gasteiger partial charge on any atom is -0.508 e. The lowest BCUT2D eigenvalue weighted by molar-refractivity contribution is 0.475. The summed E-state index contributed by atoms with van der Waals surface area (Å²) in [6, 6.07) is 11.3. The number of nitrogens with zero attached hydrogens (tertiary/aromatic N) is 1. The van der Waals surface area contributed by atoms with E-state index in [1.807, 2.05) is 17.9 Å². The molecular weight excluding hydrogens is 243 g/mol. The molecule has 0 fully saturated rings. The van der Waals surface area contributed by atoms with E-state index in [-0.39, 0.29) is 11.6 Å². The molecule has 0 aliphatic heterocycles. The Morgan fingerprint density at radius 1 is 1.21 bits per heavy atom. The van der Waals surface area contributed by atoms with E-state index >= 15 is 0 Å². The zero-order valence-corrected chi connectivity index (χ0v) is 10.8. The summed E-state index contributed by atoms with van der Waals surface area (Å²) in [6.45, 7) is 3.24. The molecule has 19 heavy (non-hydrogen) atoms. The molecule has 2 aromatic rings. The summed E-state index contributed by atoms with van der Waals surface area (Å²) in [7, 11) is 0. The molecule has 0 bridgehead atoms. The first kappa shape index (κ1) is 13.2. The van der Waals surface area contributed by atoms with Gasteiger partial charge in [0.25, 0.3) is 0 Å². The van der Waals surface area contributed by atoms with Gasteiger partial charge in [0.1, 0.15) is 11.6 Å². The van der Waals surface area contributed by atoms with E-state index < -0.39 is 0 Å². The molecule has 0 radical (unpaired) electrons. The van der Waals surface area contributed by atoms with Crippen LogP contribution in [0, 0.1) is 5.82 Å². The van der Waals surface area contributed by atoms with E-state index in [2.05, 4.69) is 0 Å². The lowest BCUT2D eigenvalue weighted by atomic mass is 10.1. The highest BCUT2D eigenvalue weighted by molar-refractivity contribution is 5.54. The Morgan fingerprint density at radius 2 is 2.00 bits per heavy atom. The van der Waals surface area contributed by atoms with E-state index in [0.29, 0.717) is 12.2 Å². The molecule has 0 aromatic heterocycles. The zero-order chi connectivity index (χ0) is 13.8. The van der Waals surface area contributed by atoms with Crippen LogP contribution in [-0.4, -0.2) is 11.7 Å². The van der Waals surface area contributed by atoms with Crippen LogP contribution in [0.2, 0.25) is 0 Å². The van der Waals surface area contributed by atoms with Crippen molar-refractivity contribution in [3.8, 4) is 5.75 Å². The number of hydrogen-bond acceptors (Lipinski definition) is 3. The molecule has 3 N–H and O–H groups in total. The standard InChI is InChI=1S/C15H17FN2O/c1-2-18(13-4-3-5-14(19)9-13)10-11-8-12(16)6-7-15(11)17/h3-9,19H,2,10,17H2,1H3. The van der Waals surface area contributed by atoms with Crippen molar-refractivity contribution in [2.24, 2.45) is 0 Å². The lowest BCUT2D eigenvalue weighted by Gasteiger charge is -2.24. The third kappa shape index (κ3) is 3.16. The average molecular weight is 260 g/mol. The summed E-state index contributed by atoms with van der Waals surface area (Å²) in [6.07, 6.45) is 0. The normalized spacial score (nSPS) is 10.4. The number of benzene rings is 2. The molecule has 100 valence electrons. The molecule has 0 heterocycles. The van der Waals surface area contributed by atoms with Crippen LogP contribution in [-0.2, 0) is 6.54 Å². The predicted octanol–water partition coefficient (Wildman–Crippen LogP) is 3.14. The van der Waals surface area contributed by atoms with Gasteiger partial charge < -0.3 is 15.7 Å². The third-order valence-electron chi connectivity index (χ3n) is 3.04. The molecule has 0 amide bonds. The highest BCUT2D eigenvalue weighted by atomic mass is 19.1. The van der Waals surface area contributed by atoms with Gasteiger partial charge in [-0.05, 0) is 42.8 Å². The molecule has 0 spiro atoms. The molecule has 0 unspecified atom stereocenters. The van der Waals surface area contributed by atoms with Crippen LogP contribution in [0.4, 0.5) is 15.8 Å². The number of phenols is 1. The highest BCUT2D eigenvalue weighted by Crippen LogP contribution is 2.23. The van der Waals surface area contributed by atoms with Crippen LogP contribution in [0.1, 0.15) is 12.5 Å². The fourth-order valence-electron chi connectivity index (χ4n) is 1.99. The first-order chi connectivity index (χ1) is 9.10. The van der Waals surface area contributed by atoms with Crippen molar-refractivity contribution >= 4 is 11.4 Å². The Hall–Kier alpha value is -2.23. The fourth-order valence-corrected chi connectivity index (χ4v) is 1.99. The number of aromatic hydroxyl groups is 1. The first-order valence-electron chi connectivity index (χ1n) is 6.18. The molecular formula is C15H17FN2O. The summed E-state index contributed by atoms with van der Waals surface area (Å²) < 4.78 is 13.3. The number of phenolic OH excluding ortho intramolecular Hbond substituents is 1. The molecule has 3 nitrogen and oxygen atoms in total. The molecule has 4 heteroatoms. The van der Waals surface area contributed by atoms with Crippen molar-refractivity contribution in [2.75, 3.05) is 17.2 Å². The van der Waals surface area contributed by atoms with Crippen molar-refractivity contribution in [2.45, 2.75) is 13.5 Å². The van der Waals surface area contributed by atoms with Gasteiger partial charge in [-0.1, -0.05) is 6.07 Å². The smallest absolute Gasteiger partial charge is 0.123 e.